The molecule has 2 aromatic rings. The maximum Gasteiger partial charge on any atom is 0.145 e. The van der Waals surface area contributed by atoms with E-state index in [1.165, 1.54) is 0 Å². The van der Waals surface area contributed by atoms with Crippen LogP contribution in [0.4, 0.5) is 5.82 Å². The van der Waals surface area contributed by atoms with Crippen LogP contribution < -0.4 is 10.5 Å². The second-order valence-corrected chi connectivity index (χ2v) is 3.94. The van der Waals surface area contributed by atoms with Crippen LogP contribution in [0.5, 0.6) is 5.75 Å². The van der Waals surface area contributed by atoms with E-state index in [9.17, 15) is 0 Å². The number of nitrogen functional groups attached to an aromatic ring is 1. The highest BCUT2D eigenvalue weighted by Gasteiger charge is 2.09. The lowest BCUT2D eigenvalue weighted by atomic mass is 10.1. The number of nitrogens with two attached hydrogens (primary N) is 1. The number of halogens is 1. The minimum absolute atomic E-state index is 0.538. The quantitative estimate of drug-likeness (QED) is 0.872. The van der Waals surface area contributed by atoms with E-state index in [0.717, 1.165) is 17.4 Å². The lowest BCUT2D eigenvalue weighted by molar-refractivity contribution is 0.419. The number of fused-ring (bicyclic) bond motifs is 1. The lowest BCUT2D eigenvalue weighted by Gasteiger charge is -2.09. The number of aromatic nitrogens is 1. The lowest BCUT2D eigenvalue weighted by Crippen LogP contribution is -1.98. The molecule has 0 unspecified atom stereocenters. The number of pyridine rings is 1. The summed E-state index contributed by atoms with van der Waals surface area (Å²) in [7, 11) is 1.61. The molecule has 0 amide bonds. The molecule has 0 fully saturated rings. The van der Waals surface area contributed by atoms with E-state index in [0.29, 0.717) is 22.1 Å². The van der Waals surface area contributed by atoms with Gasteiger partial charge < -0.3 is 10.5 Å². The molecule has 0 aliphatic rings. The van der Waals surface area contributed by atoms with E-state index in [-0.39, 0.29) is 0 Å². The van der Waals surface area contributed by atoms with Gasteiger partial charge in [-0.05, 0) is 30.2 Å². The van der Waals surface area contributed by atoms with Crippen molar-refractivity contribution in [3.63, 3.8) is 0 Å². The molecule has 0 aliphatic carbocycles. The minimum atomic E-state index is 0.538. The Bertz CT molecular complexity index is 540. The predicted molar refractivity (Wildman–Crippen MR) is 67.1 cm³/mol. The summed E-state index contributed by atoms with van der Waals surface area (Å²) in [6.07, 6.45) is 0.836. The second-order valence-electron chi connectivity index (χ2n) is 3.53. The first-order valence-corrected chi connectivity index (χ1v) is 5.46. The monoisotopic (exact) mass is 236 g/mol. The number of aryl methyl sites for hydroxylation is 1. The summed E-state index contributed by atoms with van der Waals surface area (Å²) in [4.78, 5) is 4.35. The second kappa shape index (κ2) is 4.18. The first kappa shape index (κ1) is 11.0. The highest BCUT2D eigenvalue weighted by Crippen LogP contribution is 2.32. The van der Waals surface area contributed by atoms with Gasteiger partial charge in [0.2, 0.25) is 0 Å². The maximum atomic E-state index is 6.13. The Hall–Kier alpha value is -1.48. The van der Waals surface area contributed by atoms with Gasteiger partial charge in [-0.2, -0.15) is 0 Å². The van der Waals surface area contributed by atoms with Crippen LogP contribution in [0.2, 0.25) is 5.02 Å². The number of nitrogens with zero attached hydrogens (tertiary/aromatic N) is 1. The highest BCUT2D eigenvalue weighted by atomic mass is 35.5. The Kier molecular flexibility index (Phi) is 2.88. The van der Waals surface area contributed by atoms with Crippen LogP contribution in [0.1, 0.15) is 12.5 Å². The van der Waals surface area contributed by atoms with Crippen molar-refractivity contribution in [1.29, 1.82) is 0 Å². The molecule has 0 saturated heterocycles. The fourth-order valence-corrected chi connectivity index (χ4v) is 1.91. The van der Waals surface area contributed by atoms with Gasteiger partial charge in [-0.1, -0.05) is 18.5 Å². The molecule has 84 valence electrons. The molecular formula is C12H13ClN2O. The number of rotatable bonds is 2. The third kappa shape index (κ3) is 1.67. The van der Waals surface area contributed by atoms with Crippen LogP contribution in [0.3, 0.4) is 0 Å². The van der Waals surface area contributed by atoms with E-state index in [1.54, 1.807) is 19.2 Å². The molecule has 16 heavy (non-hydrogen) atoms. The van der Waals surface area contributed by atoms with Gasteiger partial charge in [-0.15, -0.1) is 0 Å². The van der Waals surface area contributed by atoms with Gasteiger partial charge in [-0.25, -0.2) is 4.98 Å². The minimum Gasteiger partial charge on any atom is -0.494 e. The van der Waals surface area contributed by atoms with Crippen molar-refractivity contribution in [2.45, 2.75) is 13.3 Å². The van der Waals surface area contributed by atoms with E-state index in [4.69, 9.17) is 22.1 Å². The summed E-state index contributed by atoms with van der Waals surface area (Å²) >= 11 is 6.13. The van der Waals surface area contributed by atoms with Crippen molar-refractivity contribution < 1.29 is 4.74 Å². The van der Waals surface area contributed by atoms with Crippen LogP contribution >= 0.6 is 11.6 Å². The average molecular weight is 237 g/mol. The van der Waals surface area contributed by atoms with Crippen LogP contribution in [-0.4, -0.2) is 12.1 Å². The van der Waals surface area contributed by atoms with Gasteiger partial charge in [0.25, 0.3) is 0 Å². The van der Waals surface area contributed by atoms with Crippen LogP contribution in [0.15, 0.2) is 18.2 Å². The molecule has 2 N–H and O–H groups in total. The zero-order valence-corrected chi connectivity index (χ0v) is 10.0. The van der Waals surface area contributed by atoms with E-state index >= 15 is 0 Å². The van der Waals surface area contributed by atoms with Crippen LogP contribution in [-0.2, 0) is 6.42 Å². The Labute approximate surface area is 99.2 Å². The van der Waals surface area contributed by atoms with Gasteiger partial charge in [0.15, 0.2) is 0 Å². The Morgan fingerprint density at radius 3 is 2.81 bits per heavy atom. The van der Waals surface area contributed by atoms with E-state index < -0.39 is 0 Å². The molecule has 0 radical (unpaired) electrons. The maximum absolute atomic E-state index is 6.13. The van der Waals surface area contributed by atoms with Gasteiger partial charge >= 0.3 is 0 Å². The number of anilines is 1. The van der Waals surface area contributed by atoms with Crippen molar-refractivity contribution >= 4 is 28.3 Å². The Morgan fingerprint density at radius 2 is 2.19 bits per heavy atom. The molecule has 4 heteroatoms. The standard InChI is InChI=1S/C12H13ClN2O/c1-3-7-6-8-9(13)4-5-10(16-2)11(8)15-12(7)14/h4-6H,3H2,1-2H3,(H2,14,15). The molecule has 1 aromatic heterocycles. The third-order valence-electron chi connectivity index (χ3n) is 2.61. The fourth-order valence-electron chi connectivity index (χ4n) is 1.70. The Balaban J connectivity index is 2.82. The molecule has 2 rings (SSSR count). The number of hydrogen-bond acceptors (Lipinski definition) is 3. The highest BCUT2D eigenvalue weighted by molar-refractivity contribution is 6.35. The molecule has 0 atom stereocenters. The van der Waals surface area contributed by atoms with Crippen LogP contribution in [0, 0.1) is 0 Å². The Morgan fingerprint density at radius 1 is 1.44 bits per heavy atom. The van der Waals surface area contributed by atoms with E-state index in [2.05, 4.69) is 4.98 Å². The first-order chi connectivity index (χ1) is 7.67. The summed E-state index contributed by atoms with van der Waals surface area (Å²) in [6.45, 7) is 2.04. The predicted octanol–water partition coefficient (Wildman–Crippen LogP) is 3.04. The fraction of sp³-hybridized carbons (Fsp3) is 0.250. The third-order valence-corrected chi connectivity index (χ3v) is 2.94. The molecular weight excluding hydrogens is 224 g/mol. The smallest absolute Gasteiger partial charge is 0.145 e. The van der Waals surface area contributed by atoms with Gasteiger partial charge in [0.1, 0.15) is 17.1 Å². The summed E-state index contributed by atoms with van der Waals surface area (Å²) in [5.41, 5.74) is 7.58. The molecule has 0 aliphatic heterocycles. The van der Waals surface area contributed by atoms with E-state index in [1.807, 2.05) is 13.0 Å². The van der Waals surface area contributed by atoms with Crippen molar-refractivity contribution in [2.75, 3.05) is 12.8 Å². The number of benzene rings is 1. The normalized spacial score (nSPS) is 10.7. The van der Waals surface area contributed by atoms with Gasteiger partial charge in [0, 0.05) is 5.39 Å². The summed E-state index contributed by atoms with van der Waals surface area (Å²) < 4.78 is 5.23. The molecule has 0 saturated carbocycles. The van der Waals surface area contributed by atoms with Crippen molar-refractivity contribution in [3.05, 3.63) is 28.8 Å². The number of ether oxygens (including phenoxy) is 1. The van der Waals surface area contributed by atoms with Crippen molar-refractivity contribution in [2.24, 2.45) is 0 Å². The van der Waals surface area contributed by atoms with Crippen molar-refractivity contribution in [1.82, 2.24) is 4.98 Å². The molecule has 0 bridgehead atoms. The molecule has 1 aromatic carbocycles. The molecule has 3 nitrogen and oxygen atoms in total. The van der Waals surface area contributed by atoms with Gasteiger partial charge in [-0.3, -0.25) is 0 Å². The number of hydrogen-bond donors (Lipinski definition) is 1. The first-order valence-electron chi connectivity index (χ1n) is 5.09. The topological polar surface area (TPSA) is 48.1 Å². The molecule has 1 heterocycles. The SMILES string of the molecule is CCc1cc2c(Cl)ccc(OC)c2nc1N. The number of methoxy groups -OCH3 is 1. The summed E-state index contributed by atoms with van der Waals surface area (Å²) in [5.74, 6) is 1.23. The van der Waals surface area contributed by atoms with Gasteiger partial charge in [0.05, 0.1) is 12.1 Å². The zero-order valence-electron chi connectivity index (χ0n) is 9.25. The zero-order chi connectivity index (χ0) is 11.7. The van der Waals surface area contributed by atoms with Crippen molar-refractivity contribution in [3.8, 4) is 5.75 Å². The molecule has 0 spiro atoms. The largest absolute Gasteiger partial charge is 0.494 e. The average Bonchev–Trinajstić information content (AvgIpc) is 2.29. The summed E-state index contributed by atoms with van der Waals surface area (Å²) in [5, 5.41) is 1.55. The van der Waals surface area contributed by atoms with Crippen LogP contribution in [0.25, 0.3) is 10.9 Å². The summed E-state index contributed by atoms with van der Waals surface area (Å²) in [6, 6.07) is 5.57.